The van der Waals surface area contributed by atoms with Crippen LogP contribution in [0.3, 0.4) is 0 Å². The summed E-state index contributed by atoms with van der Waals surface area (Å²) in [5.41, 5.74) is 0.685. The first-order chi connectivity index (χ1) is 19.4. The maximum atomic E-state index is 13.4. The zero-order chi connectivity index (χ0) is 29.8. The first kappa shape index (κ1) is 30.5. The fourth-order valence-corrected chi connectivity index (χ4v) is 6.92. The summed E-state index contributed by atoms with van der Waals surface area (Å²) in [7, 11) is -6.21. The highest BCUT2D eigenvalue weighted by atomic mass is 32.2. The monoisotopic (exact) mass is 601 g/mol. The van der Waals surface area contributed by atoms with Crippen LogP contribution >= 0.6 is 0 Å². The molecule has 1 aliphatic heterocycles. The molecule has 3 atom stereocenters. The number of nitrogens with one attached hydrogen (secondary N) is 1. The molecular formula is C29H35N3O7S2. The molecule has 1 aliphatic rings. The van der Waals surface area contributed by atoms with E-state index in [0.29, 0.717) is 11.3 Å². The van der Waals surface area contributed by atoms with Crippen LogP contribution in [0.25, 0.3) is 0 Å². The quantitative estimate of drug-likeness (QED) is 0.385. The Morgan fingerprint density at radius 1 is 1.00 bits per heavy atom. The van der Waals surface area contributed by atoms with E-state index in [-0.39, 0.29) is 53.4 Å². The summed E-state index contributed by atoms with van der Waals surface area (Å²) >= 11 is 0. The first-order valence-corrected chi connectivity index (χ1v) is 16.1. The molecule has 220 valence electrons. The minimum atomic E-state index is -3.88. The number of anilines is 1. The van der Waals surface area contributed by atoms with Gasteiger partial charge >= 0.3 is 0 Å². The number of ether oxygens (including phenoxy) is 1. The zero-order valence-corrected chi connectivity index (χ0v) is 24.8. The van der Waals surface area contributed by atoms with Gasteiger partial charge in [0, 0.05) is 30.8 Å². The molecule has 41 heavy (non-hydrogen) atoms. The molecular weight excluding hydrogens is 566 g/mol. The number of sulfonamides is 2. The summed E-state index contributed by atoms with van der Waals surface area (Å²) in [5.74, 6) is -0.234. The van der Waals surface area contributed by atoms with E-state index in [2.05, 4.69) is 4.72 Å². The normalized spacial score (nSPS) is 19.0. The van der Waals surface area contributed by atoms with Crippen molar-refractivity contribution in [2.45, 2.75) is 42.2 Å². The van der Waals surface area contributed by atoms with Gasteiger partial charge in [-0.2, -0.15) is 4.31 Å². The van der Waals surface area contributed by atoms with Crippen LogP contribution in [0.1, 0.15) is 19.4 Å². The summed E-state index contributed by atoms with van der Waals surface area (Å²) in [6, 6.07) is 20.2. The van der Waals surface area contributed by atoms with Crippen molar-refractivity contribution in [3.63, 3.8) is 0 Å². The van der Waals surface area contributed by atoms with E-state index in [9.17, 15) is 26.7 Å². The van der Waals surface area contributed by atoms with E-state index >= 15 is 0 Å². The molecule has 0 aliphatic carbocycles. The summed E-state index contributed by atoms with van der Waals surface area (Å²) in [4.78, 5) is 15.2. The van der Waals surface area contributed by atoms with Crippen molar-refractivity contribution in [2.24, 2.45) is 5.92 Å². The molecule has 0 unspecified atom stereocenters. The number of likely N-dealkylation sites (N-methyl/N-ethyl adjacent to an activating group) is 1. The zero-order valence-electron chi connectivity index (χ0n) is 23.2. The molecule has 4 rings (SSSR count). The Morgan fingerprint density at radius 2 is 1.61 bits per heavy atom. The van der Waals surface area contributed by atoms with Gasteiger partial charge in [0.15, 0.2) is 0 Å². The number of nitrogens with zero attached hydrogens (tertiary/aromatic N) is 2. The third kappa shape index (κ3) is 7.07. The fraction of sp³-hybridized carbons (Fsp3) is 0.345. The number of aliphatic hydroxyl groups excluding tert-OH is 1. The van der Waals surface area contributed by atoms with Gasteiger partial charge in [0.2, 0.25) is 15.9 Å². The molecule has 10 nitrogen and oxygen atoms in total. The number of hydrogen-bond acceptors (Lipinski definition) is 7. The summed E-state index contributed by atoms with van der Waals surface area (Å²) < 4.78 is 62.5. The molecule has 0 saturated heterocycles. The van der Waals surface area contributed by atoms with Gasteiger partial charge in [0.05, 0.1) is 35.4 Å². The smallest absolute Gasteiger partial charge is 0.261 e. The van der Waals surface area contributed by atoms with E-state index in [1.807, 2.05) is 6.92 Å². The lowest BCUT2D eigenvalue weighted by molar-refractivity contribution is -0.134. The molecule has 3 aromatic rings. The topological polar surface area (TPSA) is 133 Å². The molecule has 0 fully saturated rings. The lowest BCUT2D eigenvalue weighted by atomic mass is 10.0. The average Bonchev–Trinajstić information content (AvgIpc) is 3.00. The third-order valence-corrected chi connectivity index (χ3v) is 10.3. The molecule has 1 amide bonds. The SMILES string of the molecule is C[C@@H]1CN([C@@H](C)CO)C(=O)Cc2cc(NS(=O)(=O)c3ccccc3)ccc2O[C@@H]1CN(C)S(=O)(=O)c1ccccc1. The van der Waals surface area contributed by atoms with Crippen LogP contribution in [0, 0.1) is 5.92 Å². The molecule has 12 heteroatoms. The third-order valence-electron chi connectivity index (χ3n) is 7.11. The van der Waals surface area contributed by atoms with Crippen molar-refractivity contribution < 1.29 is 31.5 Å². The van der Waals surface area contributed by atoms with Crippen molar-refractivity contribution in [3.8, 4) is 5.75 Å². The maximum absolute atomic E-state index is 13.4. The van der Waals surface area contributed by atoms with Crippen LogP contribution in [0.5, 0.6) is 5.75 Å². The van der Waals surface area contributed by atoms with Crippen LogP contribution < -0.4 is 9.46 Å². The first-order valence-electron chi connectivity index (χ1n) is 13.2. The molecule has 0 radical (unpaired) electrons. The summed E-state index contributed by atoms with van der Waals surface area (Å²) in [6.45, 7) is 3.57. The van der Waals surface area contributed by atoms with E-state index < -0.39 is 32.2 Å². The van der Waals surface area contributed by atoms with Crippen molar-refractivity contribution in [1.29, 1.82) is 0 Å². The van der Waals surface area contributed by atoms with Gasteiger partial charge in [-0.3, -0.25) is 9.52 Å². The van der Waals surface area contributed by atoms with E-state index in [1.165, 1.54) is 35.6 Å². The Hall–Kier alpha value is -3.45. The van der Waals surface area contributed by atoms with Gasteiger partial charge in [0.1, 0.15) is 11.9 Å². The van der Waals surface area contributed by atoms with Gasteiger partial charge < -0.3 is 14.7 Å². The molecule has 0 bridgehead atoms. The number of carbonyl (C=O) groups excluding carboxylic acids is 1. The minimum Gasteiger partial charge on any atom is -0.488 e. The van der Waals surface area contributed by atoms with Gasteiger partial charge in [-0.05, 0) is 49.4 Å². The Kier molecular flexibility index (Phi) is 9.37. The number of aliphatic hydroxyl groups is 1. The lowest BCUT2D eigenvalue weighted by Crippen LogP contribution is -2.48. The summed E-state index contributed by atoms with van der Waals surface area (Å²) in [5, 5.41) is 9.85. The minimum absolute atomic E-state index is 0.00421. The molecule has 1 heterocycles. The van der Waals surface area contributed by atoms with Gasteiger partial charge in [-0.25, -0.2) is 16.8 Å². The molecule has 3 aromatic carbocycles. The van der Waals surface area contributed by atoms with E-state index in [0.717, 1.165) is 0 Å². The van der Waals surface area contributed by atoms with Gasteiger partial charge in [-0.1, -0.05) is 43.3 Å². The predicted octanol–water partition coefficient (Wildman–Crippen LogP) is 2.96. The van der Waals surface area contributed by atoms with Gasteiger partial charge in [0.25, 0.3) is 10.0 Å². The molecule has 2 N–H and O–H groups in total. The number of rotatable bonds is 9. The Bertz CT molecular complexity index is 1570. The van der Waals surface area contributed by atoms with Crippen LogP contribution in [0.15, 0.2) is 88.7 Å². The maximum Gasteiger partial charge on any atom is 0.261 e. The molecule has 0 aromatic heterocycles. The second-order valence-electron chi connectivity index (χ2n) is 10.2. The number of fused-ring (bicyclic) bond motifs is 1. The highest BCUT2D eigenvalue weighted by molar-refractivity contribution is 7.92. The number of benzene rings is 3. The predicted molar refractivity (Wildman–Crippen MR) is 155 cm³/mol. The Morgan fingerprint density at radius 3 is 2.22 bits per heavy atom. The average molecular weight is 602 g/mol. The second kappa shape index (κ2) is 12.6. The standard InChI is InChI=1S/C29H35N3O7S2/c1-21-18-32(22(2)20-33)29(34)17-23-16-24(30-40(35,36)25-10-6-4-7-11-25)14-15-27(23)39-28(21)19-31(3)41(37,38)26-12-8-5-9-13-26/h4-16,21-22,28,30,33H,17-20H2,1-3H3/t21-,22+,28-/m1/s1. The highest BCUT2D eigenvalue weighted by Gasteiger charge is 2.33. The van der Waals surface area contributed by atoms with Crippen LogP contribution in [-0.2, 0) is 31.3 Å². The summed E-state index contributed by atoms with van der Waals surface area (Å²) in [6.07, 6.45) is -0.763. The number of hydrogen-bond donors (Lipinski definition) is 2. The molecule has 0 spiro atoms. The van der Waals surface area contributed by atoms with Crippen LogP contribution in [-0.4, -0.2) is 75.9 Å². The Labute approximate surface area is 241 Å². The van der Waals surface area contributed by atoms with Crippen LogP contribution in [0.2, 0.25) is 0 Å². The fourth-order valence-electron chi connectivity index (χ4n) is 4.65. The van der Waals surface area contributed by atoms with Crippen molar-refractivity contribution >= 4 is 31.6 Å². The van der Waals surface area contributed by atoms with Crippen molar-refractivity contribution in [2.75, 3.05) is 31.5 Å². The molecule has 0 saturated carbocycles. The Balaban J connectivity index is 1.68. The van der Waals surface area contributed by atoms with Crippen molar-refractivity contribution in [1.82, 2.24) is 9.21 Å². The van der Waals surface area contributed by atoms with Crippen molar-refractivity contribution in [3.05, 3.63) is 84.4 Å². The highest BCUT2D eigenvalue weighted by Crippen LogP contribution is 2.30. The van der Waals surface area contributed by atoms with E-state index in [4.69, 9.17) is 4.74 Å². The van der Waals surface area contributed by atoms with E-state index in [1.54, 1.807) is 66.4 Å². The van der Waals surface area contributed by atoms with Gasteiger partial charge in [-0.15, -0.1) is 0 Å². The largest absolute Gasteiger partial charge is 0.488 e. The van der Waals surface area contributed by atoms with Crippen LogP contribution in [0.4, 0.5) is 5.69 Å². The number of carbonyl (C=O) groups is 1. The lowest BCUT2D eigenvalue weighted by Gasteiger charge is -2.33. The second-order valence-corrected chi connectivity index (χ2v) is 14.0. The number of amides is 1.